The van der Waals surface area contributed by atoms with Crippen molar-refractivity contribution >= 4 is 33.2 Å². The molecule has 1 saturated heterocycles. The summed E-state index contributed by atoms with van der Waals surface area (Å²) in [6.45, 7) is 2.34. The lowest BCUT2D eigenvalue weighted by Gasteiger charge is -2.28. The van der Waals surface area contributed by atoms with Crippen LogP contribution in [-0.2, 0) is 10.0 Å². The van der Waals surface area contributed by atoms with Crippen molar-refractivity contribution < 1.29 is 13.2 Å². The van der Waals surface area contributed by atoms with Gasteiger partial charge in [0.2, 0.25) is 10.0 Å². The van der Waals surface area contributed by atoms with Crippen LogP contribution < -0.4 is 9.62 Å². The van der Waals surface area contributed by atoms with Gasteiger partial charge in [0.25, 0.3) is 5.91 Å². The molecule has 1 N–H and O–H groups in total. The molecule has 0 aromatic heterocycles. The highest BCUT2D eigenvalue weighted by molar-refractivity contribution is 7.92. The van der Waals surface area contributed by atoms with E-state index in [0.29, 0.717) is 24.2 Å². The number of nitrogens with one attached hydrogen (secondary N) is 1. The molecule has 7 heteroatoms. The maximum absolute atomic E-state index is 12.5. The second kappa shape index (κ2) is 7.68. The average Bonchev–Trinajstić information content (AvgIpc) is 2.61. The molecular weight excluding hydrogens is 372 g/mol. The van der Waals surface area contributed by atoms with Gasteiger partial charge in [-0.1, -0.05) is 41.9 Å². The third-order valence-corrected chi connectivity index (χ3v) is 6.66. The van der Waals surface area contributed by atoms with E-state index in [1.54, 1.807) is 18.2 Å². The van der Waals surface area contributed by atoms with Crippen molar-refractivity contribution in [3.63, 3.8) is 0 Å². The van der Waals surface area contributed by atoms with Crippen molar-refractivity contribution in [1.82, 2.24) is 5.32 Å². The Morgan fingerprint density at radius 2 is 1.88 bits per heavy atom. The number of rotatable bonds is 4. The molecule has 1 atom stereocenters. The summed E-state index contributed by atoms with van der Waals surface area (Å²) in [5.41, 5.74) is 1.82. The fourth-order valence-electron chi connectivity index (χ4n) is 3.02. The number of carbonyl (C=O) groups excluding carboxylic acids is 1. The molecule has 3 rings (SSSR count). The van der Waals surface area contributed by atoms with Crippen LogP contribution in [0.4, 0.5) is 5.69 Å². The predicted octanol–water partition coefficient (Wildman–Crippen LogP) is 3.76. The highest BCUT2D eigenvalue weighted by Crippen LogP contribution is 2.28. The number of nitrogens with zero attached hydrogens (tertiary/aromatic N) is 1. The summed E-state index contributed by atoms with van der Waals surface area (Å²) >= 11 is 6.28. The Bertz CT molecular complexity index is 900. The van der Waals surface area contributed by atoms with Crippen LogP contribution in [0.15, 0.2) is 48.5 Å². The smallest absolute Gasteiger partial charge is 0.253 e. The highest BCUT2D eigenvalue weighted by atomic mass is 35.5. The molecule has 0 bridgehead atoms. The van der Waals surface area contributed by atoms with Gasteiger partial charge in [-0.05, 0) is 43.5 Å². The number of hydrogen-bond donors (Lipinski definition) is 1. The Kier molecular flexibility index (Phi) is 5.53. The molecule has 1 fully saturated rings. The highest BCUT2D eigenvalue weighted by Gasteiger charge is 2.27. The molecule has 1 aliphatic heterocycles. The number of amides is 1. The summed E-state index contributed by atoms with van der Waals surface area (Å²) < 4.78 is 25.8. The quantitative estimate of drug-likeness (QED) is 0.861. The summed E-state index contributed by atoms with van der Waals surface area (Å²) in [4.78, 5) is 12.5. The normalized spacial score (nSPS) is 17.5. The van der Waals surface area contributed by atoms with Crippen molar-refractivity contribution in [2.45, 2.75) is 25.8 Å². The zero-order chi connectivity index (χ0) is 18.7. The molecule has 2 aromatic carbocycles. The van der Waals surface area contributed by atoms with Crippen LogP contribution in [-0.4, -0.2) is 26.6 Å². The minimum Gasteiger partial charge on any atom is -0.345 e. The van der Waals surface area contributed by atoms with E-state index in [2.05, 4.69) is 5.32 Å². The lowest BCUT2D eigenvalue weighted by molar-refractivity contribution is 0.0940. The Labute approximate surface area is 159 Å². The summed E-state index contributed by atoms with van der Waals surface area (Å²) in [6, 6.07) is 14.2. The molecule has 0 aliphatic carbocycles. The number of anilines is 1. The zero-order valence-electron chi connectivity index (χ0n) is 14.5. The first-order valence-corrected chi connectivity index (χ1v) is 10.5. The van der Waals surface area contributed by atoms with Crippen LogP contribution in [0.5, 0.6) is 0 Å². The van der Waals surface area contributed by atoms with Crippen LogP contribution in [0, 0.1) is 0 Å². The summed E-state index contributed by atoms with van der Waals surface area (Å²) in [5, 5.41) is 3.15. The Balaban J connectivity index is 1.78. The van der Waals surface area contributed by atoms with Gasteiger partial charge >= 0.3 is 0 Å². The summed E-state index contributed by atoms with van der Waals surface area (Å²) in [5.74, 6) is -0.152. The topological polar surface area (TPSA) is 66.5 Å². The van der Waals surface area contributed by atoms with E-state index < -0.39 is 10.0 Å². The van der Waals surface area contributed by atoms with Crippen LogP contribution in [0.25, 0.3) is 0 Å². The molecule has 2 aromatic rings. The molecule has 0 radical (unpaired) electrons. The van der Waals surface area contributed by atoms with E-state index in [1.165, 1.54) is 4.31 Å². The molecule has 26 heavy (non-hydrogen) atoms. The maximum atomic E-state index is 12.5. The van der Waals surface area contributed by atoms with Crippen molar-refractivity contribution in [1.29, 1.82) is 0 Å². The molecule has 1 amide bonds. The fourth-order valence-corrected chi connectivity index (χ4v) is 4.91. The number of carbonyl (C=O) groups is 1. The minimum atomic E-state index is -3.31. The maximum Gasteiger partial charge on any atom is 0.253 e. The van der Waals surface area contributed by atoms with E-state index in [9.17, 15) is 13.2 Å². The van der Waals surface area contributed by atoms with E-state index in [-0.39, 0.29) is 22.7 Å². The van der Waals surface area contributed by atoms with Gasteiger partial charge in [-0.3, -0.25) is 9.10 Å². The molecule has 138 valence electrons. The van der Waals surface area contributed by atoms with Gasteiger partial charge in [0.1, 0.15) is 0 Å². The average molecular weight is 393 g/mol. The van der Waals surface area contributed by atoms with E-state index in [0.717, 1.165) is 12.0 Å². The zero-order valence-corrected chi connectivity index (χ0v) is 16.1. The third-order valence-electron chi connectivity index (χ3n) is 4.48. The van der Waals surface area contributed by atoms with E-state index >= 15 is 0 Å². The fraction of sp³-hybridized carbons (Fsp3) is 0.316. The van der Waals surface area contributed by atoms with Crippen molar-refractivity contribution in [3.8, 4) is 0 Å². The third kappa shape index (κ3) is 4.02. The first-order valence-electron chi connectivity index (χ1n) is 8.54. The Morgan fingerprint density at radius 1 is 1.15 bits per heavy atom. The number of halogens is 1. The van der Waals surface area contributed by atoms with Gasteiger partial charge in [-0.25, -0.2) is 8.42 Å². The lowest BCUT2D eigenvalue weighted by Crippen LogP contribution is -2.37. The molecule has 5 nitrogen and oxygen atoms in total. The number of hydrogen-bond acceptors (Lipinski definition) is 3. The SMILES string of the molecule is C[C@@H](NC(=O)c1ccc(N2CCCCS2(=O)=O)cc1Cl)c1ccccc1. The Morgan fingerprint density at radius 3 is 2.54 bits per heavy atom. The van der Waals surface area contributed by atoms with E-state index in [1.807, 2.05) is 37.3 Å². The number of benzene rings is 2. The van der Waals surface area contributed by atoms with Gasteiger partial charge in [0.15, 0.2) is 0 Å². The van der Waals surface area contributed by atoms with Crippen LogP contribution in [0.3, 0.4) is 0 Å². The molecule has 0 unspecified atom stereocenters. The summed E-state index contributed by atoms with van der Waals surface area (Å²) in [7, 11) is -3.31. The predicted molar refractivity (Wildman–Crippen MR) is 104 cm³/mol. The molecule has 0 saturated carbocycles. The van der Waals surface area contributed by atoms with Crippen LogP contribution in [0.1, 0.15) is 41.7 Å². The van der Waals surface area contributed by atoms with Gasteiger partial charge in [-0.15, -0.1) is 0 Å². The lowest BCUT2D eigenvalue weighted by atomic mass is 10.1. The molecule has 1 heterocycles. The molecule has 0 spiro atoms. The van der Waals surface area contributed by atoms with E-state index in [4.69, 9.17) is 11.6 Å². The van der Waals surface area contributed by atoms with Gasteiger partial charge < -0.3 is 5.32 Å². The standard InChI is InChI=1S/C19H21ClN2O3S/c1-14(15-7-3-2-4-8-15)21-19(23)17-10-9-16(13-18(17)20)22-11-5-6-12-26(22,24)25/h2-4,7-10,13-14H,5-6,11-12H2,1H3,(H,21,23)/t14-/m1/s1. The first kappa shape index (κ1) is 18.7. The van der Waals surface area contributed by atoms with Gasteiger partial charge in [0, 0.05) is 6.54 Å². The second-order valence-corrected chi connectivity index (χ2v) is 8.79. The molecular formula is C19H21ClN2O3S. The van der Waals surface area contributed by atoms with Crippen LogP contribution in [0.2, 0.25) is 5.02 Å². The van der Waals surface area contributed by atoms with Crippen molar-refractivity contribution in [2.75, 3.05) is 16.6 Å². The summed E-state index contributed by atoms with van der Waals surface area (Å²) in [6.07, 6.45) is 1.48. The number of sulfonamides is 1. The minimum absolute atomic E-state index is 0.140. The first-order chi connectivity index (χ1) is 12.4. The second-order valence-electron chi connectivity index (χ2n) is 6.37. The van der Waals surface area contributed by atoms with Crippen LogP contribution >= 0.6 is 11.6 Å². The largest absolute Gasteiger partial charge is 0.345 e. The molecule has 1 aliphatic rings. The van der Waals surface area contributed by atoms with Crippen molar-refractivity contribution in [2.24, 2.45) is 0 Å². The van der Waals surface area contributed by atoms with Gasteiger partial charge in [0.05, 0.1) is 28.1 Å². The van der Waals surface area contributed by atoms with Crippen molar-refractivity contribution in [3.05, 3.63) is 64.7 Å². The Hall–Kier alpha value is -2.05. The monoisotopic (exact) mass is 392 g/mol. The van der Waals surface area contributed by atoms with Gasteiger partial charge in [-0.2, -0.15) is 0 Å².